The van der Waals surface area contributed by atoms with E-state index in [0.29, 0.717) is 0 Å². The van der Waals surface area contributed by atoms with Crippen LogP contribution in [0.2, 0.25) is 0 Å². The number of azo groups is 2. The molecule has 0 fully saturated rings. The highest BCUT2D eigenvalue weighted by Crippen LogP contribution is 2.30. The molecular weight excluding hydrogens is 478 g/mol. The quantitative estimate of drug-likeness (QED) is 0.238. The van der Waals surface area contributed by atoms with Crippen molar-refractivity contribution in [1.29, 1.82) is 0 Å². The molecule has 1 aliphatic rings. The summed E-state index contributed by atoms with van der Waals surface area (Å²) in [4.78, 5) is 2.94. The average molecular weight is 498 g/mol. The molecule has 3 rings (SSSR count). The van der Waals surface area contributed by atoms with Crippen molar-refractivity contribution in [1.82, 2.24) is 5.32 Å². The third-order valence-corrected chi connectivity index (χ3v) is 5.97. The normalized spacial score (nSPS) is 22.1. The van der Waals surface area contributed by atoms with Crippen molar-refractivity contribution in [3.63, 3.8) is 0 Å². The van der Waals surface area contributed by atoms with E-state index in [4.69, 9.17) is 21.8 Å². The van der Waals surface area contributed by atoms with Gasteiger partial charge in [-0.1, -0.05) is 0 Å². The standard InChI is InChI=1S/C16H19N9O6S2/c17-14-13(15(18)21-16(19)20-14)25-24-11-6-3-9(7-12(11)33(29,30)31)23-22-8-1-4-10(5-2-8)32(26,27)28/h1-7,13-14,16,20H,17,19H2,(H2,18,21)(H,26,27,28)(H,29,30,31). The van der Waals surface area contributed by atoms with Crippen molar-refractivity contribution in [3.05, 3.63) is 42.5 Å². The lowest BCUT2D eigenvalue weighted by molar-refractivity contribution is 0.402. The maximum Gasteiger partial charge on any atom is 0.296 e. The predicted molar refractivity (Wildman–Crippen MR) is 116 cm³/mol. The van der Waals surface area contributed by atoms with Crippen LogP contribution in [0.15, 0.2) is 77.7 Å². The first-order valence-corrected chi connectivity index (χ1v) is 11.8. The van der Waals surface area contributed by atoms with Gasteiger partial charge in [-0.25, -0.2) is 4.99 Å². The van der Waals surface area contributed by atoms with E-state index in [9.17, 15) is 21.4 Å². The van der Waals surface area contributed by atoms with Crippen molar-refractivity contribution in [2.24, 2.45) is 42.7 Å². The zero-order chi connectivity index (χ0) is 24.4. The Morgan fingerprint density at radius 2 is 1.48 bits per heavy atom. The number of amidine groups is 1. The molecule has 176 valence electrons. The number of rotatable bonds is 6. The highest BCUT2D eigenvalue weighted by molar-refractivity contribution is 7.86. The number of hydrogen-bond acceptors (Lipinski definition) is 13. The lowest BCUT2D eigenvalue weighted by Gasteiger charge is -2.27. The van der Waals surface area contributed by atoms with Crippen molar-refractivity contribution in [3.8, 4) is 0 Å². The molecule has 0 aliphatic carbocycles. The minimum atomic E-state index is -4.73. The number of nitrogens with one attached hydrogen (secondary N) is 1. The topological polar surface area (TPSA) is 261 Å². The lowest BCUT2D eigenvalue weighted by atomic mass is 10.2. The predicted octanol–water partition coefficient (Wildman–Crippen LogP) is 0.535. The first-order valence-electron chi connectivity index (χ1n) is 8.96. The smallest absolute Gasteiger partial charge is 0.296 e. The van der Waals surface area contributed by atoms with Gasteiger partial charge in [0.15, 0.2) is 12.3 Å². The Labute approximate surface area is 188 Å². The Balaban J connectivity index is 1.88. The molecule has 0 saturated heterocycles. The number of nitrogens with two attached hydrogens (primary N) is 3. The molecule has 3 unspecified atom stereocenters. The van der Waals surface area contributed by atoms with Crippen LogP contribution in [0.4, 0.5) is 17.1 Å². The molecule has 2 aromatic carbocycles. The molecule has 1 aliphatic heterocycles. The molecule has 0 spiro atoms. The fourth-order valence-corrected chi connectivity index (χ4v) is 3.78. The van der Waals surface area contributed by atoms with Gasteiger partial charge >= 0.3 is 0 Å². The van der Waals surface area contributed by atoms with E-state index in [1.807, 2.05) is 0 Å². The summed E-state index contributed by atoms with van der Waals surface area (Å²) in [7, 11) is -9.08. The third kappa shape index (κ3) is 6.20. The van der Waals surface area contributed by atoms with Crippen LogP contribution in [0.3, 0.4) is 0 Å². The van der Waals surface area contributed by atoms with Crippen LogP contribution < -0.4 is 22.5 Å². The lowest BCUT2D eigenvalue weighted by Crippen LogP contribution is -2.61. The number of benzene rings is 2. The van der Waals surface area contributed by atoms with Crippen LogP contribution in [0, 0.1) is 0 Å². The van der Waals surface area contributed by atoms with Crippen molar-refractivity contribution in [2.45, 2.75) is 28.3 Å². The van der Waals surface area contributed by atoms with Gasteiger partial charge in [-0.15, -0.1) is 0 Å². The summed E-state index contributed by atoms with van der Waals surface area (Å²) in [5.74, 6) is -0.00339. The van der Waals surface area contributed by atoms with Gasteiger partial charge in [0.2, 0.25) is 0 Å². The maximum absolute atomic E-state index is 11.8. The second-order valence-electron chi connectivity index (χ2n) is 6.65. The van der Waals surface area contributed by atoms with Crippen molar-refractivity contribution < 1.29 is 25.9 Å². The number of nitrogens with zero attached hydrogens (tertiary/aromatic N) is 5. The summed E-state index contributed by atoms with van der Waals surface area (Å²) in [6.45, 7) is 0. The molecular formula is C16H19N9O6S2. The highest BCUT2D eigenvalue weighted by Gasteiger charge is 2.28. The van der Waals surface area contributed by atoms with Crippen molar-refractivity contribution >= 4 is 43.1 Å². The number of hydrogen-bond donors (Lipinski definition) is 6. The Morgan fingerprint density at radius 3 is 2.06 bits per heavy atom. The largest absolute Gasteiger partial charge is 0.385 e. The Kier molecular flexibility index (Phi) is 6.93. The van der Waals surface area contributed by atoms with Crippen LogP contribution >= 0.6 is 0 Å². The maximum atomic E-state index is 11.8. The van der Waals surface area contributed by atoms with Crippen LogP contribution in [0.5, 0.6) is 0 Å². The molecule has 15 nitrogen and oxygen atoms in total. The van der Waals surface area contributed by atoms with Gasteiger partial charge in [-0.05, 0) is 42.5 Å². The summed E-state index contributed by atoms with van der Waals surface area (Å²) in [6.07, 6.45) is -1.63. The summed E-state index contributed by atoms with van der Waals surface area (Å²) < 4.78 is 64.4. The van der Waals surface area contributed by atoms with Crippen LogP contribution in [-0.4, -0.2) is 50.3 Å². The van der Waals surface area contributed by atoms with Crippen molar-refractivity contribution in [2.75, 3.05) is 0 Å². The van der Waals surface area contributed by atoms with Crippen LogP contribution in [0.25, 0.3) is 0 Å². The van der Waals surface area contributed by atoms with E-state index in [1.54, 1.807) is 0 Å². The zero-order valence-electron chi connectivity index (χ0n) is 16.6. The van der Waals surface area contributed by atoms with E-state index in [2.05, 4.69) is 30.8 Å². The molecule has 17 heteroatoms. The second kappa shape index (κ2) is 9.35. The van der Waals surface area contributed by atoms with Gasteiger partial charge in [0.25, 0.3) is 20.2 Å². The summed E-state index contributed by atoms with van der Waals surface area (Å²) in [6, 6.07) is 7.44. The van der Waals surface area contributed by atoms with Gasteiger partial charge in [-0.2, -0.15) is 37.3 Å². The van der Waals surface area contributed by atoms with Gasteiger partial charge < -0.3 is 11.5 Å². The van der Waals surface area contributed by atoms with Crippen LogP contribution in [0.1, 0.15) is 0 Å². The van der Waals surface area contributed by atoms with E-state index < -0.39 is 43.6 Å². The van der Waals surface area contributed by atoms with Gasteiger partial charge in [0, 0.05) is 0 Å². The SMILES string of the molecule is NC1=NC(N)NC(N)C1N=Nc1ccc(N=Nc2ccc(S(=O)(=O)O)cc2)cc1S(=O)(=O)O. The monoisotopic (exact) mass is 497 g/mol. The van der Waals surface area contributed by atoms with Gasteiger partial charge in [-0.3, -0.25) is 20.2 Å². The fourth-order valence-electron chi connectivity index (χ4n) is 2.66. The molecule has 0 saturated carbocycles. The molecule has 1 heterocycles. The first-order chi connectivity index (χ1) is 15.3. The third-order valence-electron chi connectivity index (χ3n) is 4.22. The molecule has 2 aromatic rings. The minimum absolute atomic E-state index is 0.00339. The minimum Gasteiger partial charge on any atom is -0.385 e. The molecule has 9 N–H and O–H groups in total. The molecule has 0 bridgehead atoms. The summed E-state index contributed by atoms with van der Waals surface area (Å²) in [5.41, 5.74) is 17.2. The molecule has 0 aromatic heterocycles. The van der Waals surface area contributed by atoms with Gasteiger partial charge in [0.1, 0.15) is 16.4 Å². The van der Waals surface area contributed by atoms with E-state index in [0.717, 1.165) is 18.2 Å². The Bertz CT molecular complexity index is 1340. The van der Waals surface area contributed by atoms with Crippen LogP contribution in [-0.2, 0) is 20.2 Å². The number of aliphatic imine (C=N–C) groups is 1. The highest BCUT2D eigenvalue weighted by atomic mass is 32.2. The summed E-state index contributed by atoms with van der Waals surface area (Å²) in [5, 5.41) is 18.1. The Morgan fingerprint density at radius 1 is 0.879 bits per heavy atom. The molecule has 0 amide bonds. The molecule has 3 atom stereocenters. The second-order valence-corrected chi connectivity index (χ2v) is 9.46. The fraction of sp³-hybridized carbons (Fsp3) is 0.188. The van der Waals surface area contributed by atoms with E-state index in [1.165, 1.54) is 24.3 Å². The first kappa shape index (κ1) is 24.5. The zero-order valence-corrected chi connectivity index (χ0v) is 18.2. The van der Waals surface area contributed by atoms with E-state index >= 15 is 0 Å². The molecule has 0 radical (unpaired) electrons. The van der Waals surface area contributed by atoms with Gasteiger partial charge in [0.05, 0.1) is 22.4 Å². The summed E-state index contributed by atoms with van der Waals surface area (Å²) >= 11 is 0. The average Bonchev–Trinajstić information content (AvgIpc) is 2.71. The van der Waals surface area contributed by atoms with E-state index in [-0.39, 0.29) is 27.8 Å². The molecule has 33 heavy (non-hydrogen) atoms. The Hall–Kier alpha value is -3.19.